The first-order valence-electron chi connectivity index (χ1n) is 6.29. The van der Waals surface area contributed by atoms with Crippen molar-refractivity contribution in [3.05, 3.63) is 24.3 Å². The molecule has 0 fully saturated rings. The van der Waals surface area contributed by atoms with Crippen LogP contribution in [0.4, 0.5) is 0 Å². The maximum atomic E-state index is 12.0. The Labute approximate surface area is 123 Å². The average molecular weight is 320 g/mol. The molecule has 7 heteroatoms. The van der Waals surface area contributed by atoms with Crippen LogP contribution in [0, 0.1) is 0 Å². The summed E-state index contributed by atoms with van der Waals surface area (Å²) in [6.45, 7) is 6.69. The highest BCUT2D eigenvalue weighted by atomic mass is 35.7. The number of carbonyl (C=O) groups is 1. The maximum Gasteiger partial charge on any atom is 0.263 e. The van der Waals surface area contributed by atoms with E-state index in [1.807, 2.05) is 13.8 Å². The molecule has 0 aliphatic carbocycles. The molecule has 1 aromatic rings. The van der Waals surface area contributed by atoms with Crippen molar-refractivity contribution >= 4 is 25.6 Å². The molecule has 0 aliphatic rings. The van der Waals surface area contributed by atoms with Gasteiger partial charge in [0.15, 0.2) is 6.10 Å². The van der Waals surface area contributed by atoms with Gasteiger partial charge >= 0.3 is 0 Å². The van der Waals surface area contributed by atoms with Crippen LogP contribution >= 0.6 is 10.7 Å². The van der Waals surface area contributed by atoms with Crippen molar-refractivity contribution in [1.29, 1.82) is 0 Å². The molecule has 1 amide bonds. The van der Waals surface area contributed by atoms with Gasteiger partial charge in [-0.15, -0.1) is 0 Å². The average Bonchev–Trinajstić information content (AvgIpc) is 2.39. The standard InChI is InChI=1S/C13H18ClNO4S/c1-4-15(5-2)13(16)10(3)19-11-6-8-12(9-7-11)20(14,17)18/h6-10H,4-5H2,1-3H3. The second-order valence-electron chi connectivity index (χ2n) is 4.18. The summed E-state index contributed by atoms with van der Waals surface area (Å²) in [5, 5.41) is 0. The molecule has 0 N–H and O–H groups in total. The van der Waals surface area contributed by atoms with Crippen LogP contribution in [0.3, 0.4) is 0 Å². The highest BCUT2D eigenvalue weighted by Gasteiger charge is 2.20. The number of amides is 1. The third-order valence-electron chi connectivity index (χ3n) is 2.84. The molecule has 0 aliphatic heterocycles. The third kappa shape index (κ3) is 4.38. The van der Waals surface area contributed by atoms with Crippen LogP contribution in [-0.2, 0) is 13.8 Å². The minimum absolute atomic E-state index is 0.00533. The van der Waals surface area contributed by atoms with Gasteiger partial charge in [-0.25, -0.2) is 8.42 Å². The molecular formula is C13H18ClNO4S. The molecule has 1 rings (SSSR count). The summed E-state index contributed by atoms with van der Waals surface area (Å²) in [5.41, 5.74) is 0. The van der Waals surface area contributed by atoms with Crippen molar-refractivity contribution in [3.63, 3.8) is 0 Å². The van der Waals surface area contributed by atoms with Crippen molar-refractivity contribution in [3.8, 4) is 5.75 Å². The van der Waals surface area contributed by atoms with Gasteiger partial charge in [0.05, 0.1) is 4.90 Å². The SMILES string of the molecule is CCN(CC)C(=O)C(C)Oc1ccc(S(=O)(=O)Cl)cc1. The van der Waals surface area contributed by atoms with E-state index in [0.717, 1.165) is 0 Å². The van der Waals surface area contributed by atoms with E-state index in [-0.39, 0.29) is 10.8 Å². The second kappa shape index (κ2) is 6.95. The number of likely N-dealkylation sites (N-methyl/N-ethyl adjacent to an activating group) is 1. The lowest BCUT2D eigenvalue weighted by Crippen LogP contribution is -2.40. The van der Waals surface area contributed by atoms with Gasteiger partial charge in [0.2, 0.25) is 0 Å². The van der Waals surface area contributed by atoms with Gasteiger partial charge in [0, 0.05) is 23.8 Å². The van der Waals surface area contributed by atoms with Gasteiger partial charge in [-0.1, -0.05) is 0 Å². The van der Waals surface area contributed by atoms with Crippen molar-refractivity contribution < 1.29 is 17.9 Å². The minimum Gasteiger partial charge on any atom is -0.481 e. The number of hydrogen-bond acceptors (Lipinski definition) is 4. The number of hydrogen-bond donors (Lipinski definition) is 0. The lowest BCUT2D eigenvalue weighted by Gasteiger charge is -2.23. The molecule has 0 radical (unpaired) electrons. The molecule has 0 bridgehead atoms. The molecule has 0 heterocycles. The Kier molecular flexibility index (Phi) is 5.83. The highest BCUT2D eigenvalue weighted by molar-refractivity contribution is 8.13. The van der Waals surface area contributed by atoms with Crippen molar-refractivity contribution in [2.45, 2.75) is 31.8 Å². The summed E-state index contributed by atoms with van der Waals surface area (Å²) in [6.07, 6.45) is -0.631. The fourth-order valence-electron chi connectivity index (χ4n) is 1.73. The Balaban J connectivity index is 2.76. The Morgan fingerprint density at radius 3 is 2.15 bits per heavy atom. The van der Waals surface area contributed by atoms with Crippen LogP contribution in [0.2, 0.25) is 0 Å². The van der Waals surface area contributed by atoms with E-state index in [1.54, 1.807) is 11.8 Å². The Morgan fingerprint density at radius 2 is 1.75 bits per heavy atom. The zero-order valence-corrected chi connectivity index (χ0v) is 13.2. The molecule has 20 heavy (non-hydrogen) atoms. The molecule has 0 saturated carbocycles. The molecule has 1 aromatic carbocycles. The predicted octanol–water partition coefficient (Wildman–Crippen LogP) is 2.25. The van der Waals surface area contributed by atoms with Gasteiger partial charge in [-0.3, -0.25) is 4.79 Å². The third-order valence-corrected chi connectivity index (χ3v) is 4.21. The highest BCUT2D eigenvalue weighted by Crippen LogP contribution is 2.20. The van der Waals surface area contributed by atoms with Gasteiger partial charge in [-0.2, -0.15) is 0 Å². The van der Waals surface area contributed by atoms with Crippen LogP contribution in [0.5, 0.6) is 5.75 Å². The lowest BCUT2D eigenvalue weighted by atomic mass is 10.3. The van der Waals surface area contributed by atoms with Crippen LogP contribution < -0.4 is 4.74 Å². The molecule has 1 atom stereocenters. The molecular weight excluding hydrogens is 302 g/mol. The van der Waals surface area contributed by atoms with Crippen molar-refractivity contribution in [1.82, 2.24) is 4.90 Å². The largest absolute Gasteiger partial charge is 0.481 e. The molecule has 1 unspecified atom stereocenters. The Bertz CT molecular complexity index is 552. The number of halogens is 1. The first kappa shape index (κ1) is 16.8. The number of ether oxygens (including phenoxy) is 1. The van der Waals surface area contributed by atoms with E-state index < -0.39 is 15.2 Å². The van der Waals surface area contributed by atoms with E-state index >= 15 is 0 Å². The van der Waals surface area contributed by atoms with Gasteiger partial charge < -0.3 is 9.64 Å². The van der Waals surface area contributed by atoms with Crippen molar-refractivity contribution in [2.24, 2.45) is 0 Å². The van der Waals surface area contributed by atoms with Crippen LogP contribution in [0.25, 0.3) is 0 Å². The molecule has 0 aromatic heterocycles. The van der Waals surface area contributed by atoms with E-state index in [2.05, 4.69) is 0 Å². The summed E-state index contributed by atoms with van der Waals surface area (Å²) >= 11 is 0. The smallest absolute Gasteiger partial charge is 0.263 e. The summed E-state index contributed by atoms with van der Waals surface area (Å²) in [4.78, 5) is 13.7. The van der Waals surface area contributed by atoms with E-state index in [9.17, 15) is 13.2 Å². The second-order valence-corrected chi connectivity index (χ2v) is 6.75. The van der Waals surface area contributed by atoms with Gasteiger partial charge in [0.1, 0.15) is 5.75 Å². The quantitative estimate of drug-likeness (QED) is 0.754. The summed E-state index contributed by atoms with van der Waals surface area (Å²) in [6, 6.07) is 5.63. The predicted molar refractivity (Wildman–Crippen MR) is 77.5 cm³/mol. The fourth-order valence-corrected chi connectivity index (χ4v) is 2.50. The fraction of sp³-hybridized carbons (Fsp3) is 0.462. The summed E-state index contributed by atoms with van der Waals surface area (Å²) in [5.74, 6) is 0.311. The first-order valence-corrected chi connectivity index (χ1v) is 8.60. The van der Waals surface area contributed by atoms with Crippen LogP contribution in [-0.4, -0.2) is 38.4 Å². The van der Waals surface area contributed by atoms with Gasteiger partial charge in [-0.05, 0) is 45.0 Å². The van der Waals surface area contributed by atoms with E-state index in [0.29, 0.717) is 18.8 Å². The van der Waals surface area contributed by atoms with Crippen LogP contribution in [0.15, 0.2) is 29.2 Å². The molecule has 0 saturated heterocycles. The van der Waals surface area contributed by atoms with Gasteiger partial charge in [0.25, 0.3) is 15.0 Å². The topological polar surface area (TPSA) is 63.7 Å². The number of benzene rings is 1. The lowest BCUT2D eigenvalue weighted by molar-refractivity contribution is -0.137. The maximum absolute atomic E-state index is 12.0. The Morgan fingerprint density at radius 1 is 1.25 bits per heavy atom. The minimum atomic E-state index is -3.74. The zero-order chi connectivity index (χ0) is 15.3. The number of rotatable bonds is 6. The number of carbonyl (C=O) groups excluding carboxylic acids is 1. The molecule has 0 spiro atoms. The number of nitrogens with zero attached hydrogens (tertiary/aromatic N) is 1. The van der Waals surface area contributed by atoms with Crippen LogP contribution in [0.1, 0.15) is 20.8 Å². The van der Waals surface area contributed by atoms with Crippen molar-refractivity contribution in [2.75, 3.05) is 13.1 Å². The van der Waals surface area contributed by atoms with E-state index in [1.165, 1.54) is 24.3 Å². The Hall–Kier alpha value is -1.27. The van der Waals surface area contributed by atoms with E-state index in [4.69, 9.17) is 15.4 Å². The summed E-state index contributed by atoms with van der Waals surface area (Å²) < 4.78 is 27.7. The summed E-state index contributed by atoms with van der Waals surface area (Å²) in [7, 11) is 1.47. The normalized spacial score (nSPS) is 12.8. The first-order chi connectivity index (χ1) is 9.29. The molecule has 5 nitrogen and oxygen atoms in total. The zero-order valence-electron chi connectivity index (χ0n) is 11.7. The monoisotopic (exact) mass is 319 g/mol. The molecule has 112 valence electrons.